The van der Waals surface area contributed by atoms with Crippen molar-refractivity contribution in [3.63, 3.8) is 0 Å². The monoisotopic (exact) mass is 366 g/mol. The van der Waals surface area contributed by atoms with Gasteiger partial charge in [-0.1, -0.05) is 26.0 Å². The molecule has 0 aromatic heterocycles. The van der Waals surface area contributed by atoms with E-state index < -0.39 is 0 Å². The molecule has 27 heavy (non-hydrogen) atoms. The lowest BCUT2D eigenvalue weighted by atomic mass is 10.1. The third-order valence-electron chi connectivity index (χ3n) is 4.38. The summed E-state index contributed by atoms with van der Waals surface area (Å²) in [7, 11) is 0. The van der Waals surface area contributed by atoms with Crippen LogP contribution in [-0.2, 0) is 4.79 Å². The van der Waals surface area contributed by atoms with Crippen LogP contribution in [0.2, 0.25) is 0 Å². The molecular weight excluding hydrogens is 340 g/mol. The number of carbonyl (C=O) groups excluding carboxylic acids is 2. The summed E-state index contributed by atoms with van der Waals surface area (Å²) in [5.41, 5.74) is 2.87. The number of rotatable bonds is 7. The van der Waals surface area contributed by atoms with Gasteiger partial charge >= 0.3 is 0 Å². The highest BCUT2D eigenvalue weighted by molar-refractivity contribution is 6.05. The minimum Gasteiger partial charge on any atom is -0.493 e. The van der Waals surface area contributed by atoms with E-state index in [2.05, 4.69) is 24.5 Å². The van der Waals surface area contributed by atoms with Gasteiger partial charge in [0.05, 0.1) is 6.61 Å². The van der Waals surface area contributed by atoms with Crippen LogP contribution in [0.15, 0.2) is 42.5 Å². The number of hydrogen-bond acceptors (Lipinski definition) is 3. The molecule has 0 spiro atoms. The summed E-state index contributed by atoms with van der Waals surface area (Å²) in [6.07, 6.45) is 1.91. The van der Waals surface area contributed by atoms with Gasteiger partial charge in [0, 0.05) is 22.9 Å². The summed E-state index contributed by atoms with van der Waals surface area (Å²) in [5, 5.41) is 5.84. The molecule has 2 amide bonds. The molecule has 0 atom stereocenters. The third kappa shape index (κ3) is 5.33. The number of hydrogen-bond donors (Lipinski definition) is 2. The summed E-state index contributed by atoms with van der Waals surface area (Å²) in [5.74, 6) is 1.07. The zero-order chi connectivity index (χ0) is 19.4. The summed E-state index contributed by atoms with van der Waals surface area (Å²) < 4.78 is 5.69. The average molecular weight is 366 g/mol. The molecule has 2 N–H and O–H groups in total. The van der Waals surface area contributed by atoms with Gasteiger partial charge in [0.25, 0.3) is 5.91 Å². The number of benzene rings is 2. The second-order valence-electron chi connectivity index (χ2n) is 7.48. The molecule has 1 fully saturated rings. The van der Waals surface area contributed by atoms with Crippen molar-refractivity contribution in [3.05, 3.63) is 53.6 Å². The van der Waals surface area contributed by atoms with E-state index in [4.69, 9.17) is 4.74 Å². The first-order valence-electron chi connectivity index (χ1n) is 9.38. The average Bonchev–Trinajstić information content (AvgIpc) is 3.48. The van der Waals surface area contributed by atoms with Crippen LogP contribution in [-0.4, -0.2) is 18.4 Å². The molecule has 5 heteroatoms. The van der Waals surface area contributed by atoms with Crippen LogP contribution in [0.3, 0.4) is 0 Å². The summed E-state index contributed by atoms with van der Waals surface area (Å²) >= 11 is 0. The van der Waals surface area contributed by atoms with Crippen LogP contribution in [0.25, 0.3) is 0 Å². The Bertz CT molecular complexity index is 841. The van der Waals surface area contributed by atoms with Gasteiger partial charge in [0.15, 0.2) is 0 Å². The summed E-state index contributed by atoms with van der Waals surface area (Å²) in [4.78, 5) is 24.6. The zero-order valence-corrected chi connectivity index (χ0v) is 16.0. The first-order chi connectivity index (χ1) is 12.9. The highest BCUT2D eigenvalue weighted by atomic mass is 16.5. The predicted molar refractivity (Wildman–Crippen MR) is 107 cm³/mol. The molecule has 0 unspecified atom stereocenters. The van der Waals surface area contributed by atoms with E-state index in [0.717, 1.165) is 24.1 Å². The van der Waals surface area contributed by atoms with Crippen molar-refractivity contribution >= 4 is 23.2 Å². The van der Waals surface area contributed by atoms with Crippen LogP contribution in [0.4, 0.5) is 11.4 Å². The maximum absolute atomic E-state index is 12.6. The van der Waals surface area contributed by atoms with Crippen molar-refractivity contribution < 1.29 is 14.3 Å². The Morgan fingerprint density at radius 2 is 1.89 bits per heavy atom. The lowest BCUT2D eigenvalue weighted by Crippen LogP contribution is -2.15. The predicted octanol–water partition coefficient (Wildman–Crippen LogP) is 4.63. The summed E-state index contributed by atoms with van der Waals surface area (Å²) in [6, 6.07) is 12.7. The Morgan fingerprint density at radius 3 is 2.59 bits per heavy atom. The van der Waals surface area contributed by atoms with Gasteiger partial charge in [0.1, 0.15) is 5.75 Å². The minimum absolute atomic E-state index is 0.0524. The van der Waals surface area contributed by atoms with Crippen LogP contribution in [0, 0.1) is 18.8 Å². The van der Waals surface area contributed by atoms with Crippen LogP contribution >= 0.6 is 0 Å². The lowest BCUT2D eigenvalue weighted by Gasteiger charge is -2.12. The summed E-state index contributed by atoms with van der Waals surface area (Å²) in [6.45, 7) is 6.69. The van der Waals surface area contributed by atoms with E-state index in [0.29, 0.717) is 29.5 Å². The highest BCUT2D eigenvalue weighted by Crippen LogP contribution is 2.31. The van der Waals surface area contributed by atoms with Gasteiger partial charge in [-0.25, -0.2) is 0 Å². The van der Waals surface area contributed by atoms with E-state index in [1.807, 2.05) is 25.1 Å². The Hall–Kier alpha value is -2.82. The third-order valence-corrected chi connectivity index (χ3v) is 4.38. The lowest BCUT2D eigenvalue weighted by molar-refractivity contribution is -0.117. The number of amides is 2. The standard InChI is InChI=1S/C22H26N2O3/c1-14(2)13-27-19-6-4-5-17(11-19)22(26)23-18-10-7-15(3)20(12-18)24-21(25)16-8-9-16/h4-7,10-12,14,16H,8-9,13H2,1-3H3,(H,23,26)(H,24,25). The number of anilines is 2. The van der Waals surface area contributed by atoms with Crippen LogP contribution in [0.1, 0.15) is 42.6 Å². The molecule has 3 rings (SSSR count). The van der Waals surface area contributed by atoms with Gasteiger partial charge in [-0.15, -0.1) is 0 Å². The molecule has 0 bridgehead atoms. The van der Waals surface area contributed by atoms with Crippen LogP contribution in [0.5, 0.6) is 5.75 Å². The van der Waals surface area contributed by atoms with Gasteiger partial charge in [-0.2, -0.15) is 0 Å². The van der Waals surface area contributed by atoms with Crippen molar-refractivity contribution in [2.24, 2.45) is 11.8 Å². The number of aryl methyl sites for hydroxylation is 1. The Kier molecular flexibility index (Phi) is 5.79. The fourth-order valence-electron chi connectivity index (χ4n) is 2.61. The van der Waals surface area contributed by atoms with Gasteiger partial charge in [-0.3, -0.25) is 9.59 Å². The molecule has 2 aromatic rings. The number of ether oxygens (including phenoxy) is 1. The molecule has 142 valence electrons. The molecule has 1 saturated carbocycles. The maximum Gasteiger partial charge on any atom is 0.255 e. The Labute approximate surface area is 160 Å². The molecule has 0 aliphatic heterocycles. The van der Waals surface area contributed by atoms with E-state index in [9.17, 15) is 9.59 Å². The largest absolute Gasteiger partial charge is 0.493 e. The molecule has 1 aliphatic rings. The van der Waals surface area contributed by atoms with E-state index >= 15 is 0 Å². The normalized spacial score (nSPS) is 13.3. The maximum atomic E-state index is 12.6. The first-order valence-corrected chi connectivity index (χ1v) is 9.38. The SMILES string of the molecule is Cc1ccc(NC(=O)c2cccc(OCC(C)C)c2)cc1NC(=O)C1CC1. The molecular formula is C22H26N2O3. The van der Waals surface area contributed by atoms with Crippen molar-refractivity contribution in [3.8, 4) is 5.75 Å². The van der Waals surface area contributed by atoms with Crippen LogP contribution < -0.4 is 15.4 Å². The van der Waals surface area contributed by atoms with Gasteiger partial charge in [-0.05, 0) is 61.6 Å². The van der Waals surface area contributed by atoms with Crippen molar-refractivity contribution in [1.29, 1.82) is 0 Å². The minimum atomic E-state index is -0.215. The number of carbonyl (C=O) groups is 2. The highest BCUT2D eigenvalue weighted by Gasteiger charge is 2.29. The van der Waals surface area contributed by atoms with Crippen molar-refractivity contribution in [2.75, 3.05) is 17.2 Å². The molecule has 0 radical (unpaired) electrons. The van der Waals surface area contributed by atoms with E-state index in [1.54, 1.807) is 24.3 Å². The second kappa shape index (κ2) is 8.25. The number of nitrogens with one attached hydrogen (secondary N) is 2. The molecule has 5 nitrogen and oxygen atoms in total. The smallest absolute Gasteiger partial charge is 0.255 e. The zero-order valence-electron chi connectivity index (χ0n) is 16.0. The molecule has 1 aliphatic carbocycles. The Balaban J connectivity index is 1.68. The molecule has 2 aromatic carbocycles. The van der Waals surface area contributed by atoms with Crippen molar-refractivity contribution in [2.45, 2.75) is 33.6 Å². The topological polar surface area (TPSA) is 67.4 Å². The first kappa shape index (κ1) is 19.0. The second-order valence-corrected chi connectivity index (χ2v) is 7.48. The molecule has 0 saturated heterocycles. The fraction of sp³-hybridized carbons (Fsp3) is 0.364. The van der Waals surface area contributed by atoms with Gasteiger partial charge < -0.3 is 15.4 Å². The van der Waals surface area contributed by atoms with E-state index in [1.165, 1.54) is 0 Å². The quantitative estimate of drug-likeness (QED) is 0.751. The fourth-order valence-corrected chi connectivity index (χ4v) is 2.61. The van der Waals surface area contributed by atoms with Crippen molar-refractivity contribution in [1.82, 2.24) is 0 Å². The van der Waals surface area contributed by atoms with Gasteiger partial charge in [0.2, 0.25) is 5.91 Å². The Morgan fingerprint density at radius 1 is 1.11 bits per heavy atom. The van der Waals surface area contributed by atoms with E-state index in [-0.39, 0.29) is 17.7 Å². The molecule has 0 heterocycles.